The molecular formula is C19H20N4O2. The fourth-order valence-corrected chi connectivity index (χ4v) is 2.39. The van der Waals surface area contributed by atoms with Crippen molar-refractivity contribution in [3.63, 3.8) is 0 Å². The van der Waals surface area contributed by atoms with Crippen LogP contribution in [0.1, 0.15) is 24.1 Å². The van der Waals surface area contributed by atoms with E-state index in [2.05, 4.69) is 15.4 Å². The van der Waals surface area contributed by atoms with Crippen molar-refractivity contribution in [3.8, 4) is 5.75 Å². The first-order chi connectivity index (χ1) is 12.2. The van der Waals surface area contributed by atoms with E-state index >= 15 is 0 Å². The summed E-state index contributed by atoms with van der Waals surface area (Å²) in [5.74, 6) is 0.735. The Morgan fingerprint density at radius 3 is 2.72 bits per heavy atom. The van der Waals surface area contributed by atoms with E-state index in [4.69, 9.17) is 4.74 Å². The Hall–Kier alpha value is -3.15. The standard InChI is InChI=1S/C19H20N4O2/c1-15(23-14-20-13-22-23)19(24)21-11-16-6-5-7-17(10-16)12-25-18-8-3-2-4-9-18/h2-10,13-15H,11-12H2,1H3,(H,21,24)/t15-/m1/s1. The Labute approximate surface area is 146 Å². The molecule has 1 amide bonds. The second-order valence-corrected chi connectivity index (χ2v) is 5.69. The van der Waals surface area contributed by atoms with Gasteiger partial charge in [-0.25, -0.2) is 9.67 Å². The maximum absolute atomic E-state index is 12.2. The number of amides is 1. The zero-order valence-electron chi connectivity index (χ0n) is 14.0. The molecule has 0 bridgehead atoms. The molecule has 0 radical (unpaired) electrons. The van der Waals surface area contributed by atoms with Crippen LogP contribution in [-0.4, -0.2) is 20.7 Å². The van der Waals surface area contributed by atoms with Gasteiger partial charge in [0.05, 0.1) is 0 Å². The minimum Gasteiger partial charge on any atom is -0.489 e. The Morgan fingerprint density at radius 1 is 1.16 bits per heavy atom. The van der Waals surface area contributed by atoms with Gasteiger partial charge in [0.25, 0.3) is 0 Å². The monoisotopic (exact) mass is 336 g/mol. The summed E-state index contributed by atoms with van der Waals surface area (Å²) in [5.41, 5.74) is 2.08. The molecule has 0 saturated carbocycles. The zero-order chi connectivity index (χ0) is 17.5. The van der Waals surface area contributed by atoms with Crippen LogP contribution in [0.4, 0.5) is 0 Å². The number of carbonyl (C=O) groups is 1. The molecule has 2 aromatic carbocycles. The van der Waals surface area contributed by atoms with Crippen LogP contribution in [-0.2, 0) is 17.9 Å². The number of rotatable bonds is 7. The largest absolute Gasteiger partial charge is 0.489 e. The van der Waals surface area contributed by atoms with Crippen molar-refractivity contribution in [2.45, 2.75) is 26.1 Å². The van der Waals surface area contributed by atoms with Crippen molar-refractivity contribution in [2.24, 2.45) is 0 Å². The molecule has 3 aromatic rings. The molecule has 1 atom stereocenters. The van der Waals surface area contributed by atoms with Crippen molar-refractivity contribution in [1.29, 1.82) is 0 Å². The molecule has 1 N–H and O–H groups in total. The average Bonchev–Trinajstić information content (AvgIpc) is 3.20. The van der Waals surface area contributed by atoms with E-state index in [0.717, 1.165) is 16.9 Å². The summed E-state index contributed by atoms with van der Waals surface area (Å²) in [6.07, 6.45) is 2.95. The van der Waals surface area contributed by atoms with E-state index in [0.29, 0.717) is 13.2 Å². The van der Waals surface area contributed by atoms with Crippen LogP contribution in [0.3, 0.4) is 0 Å². The molecule has 0 saturated heterocycles. The summed E-state index contributed by atoms with van der Waals surface area (Å²) in [4.78, 5) is 16.0. The van der Waals surface area contributed by atoms with Crippen LogP contribution in [0.5, 0.6) is 5.75 Å². The van der Waals surface area contributed by atoms with Crippen LogP contribution in [0.15, 0.2) is 67.3 Å². The molecule has 6 heteroatoms. The number of nitrogens with zero attached hydrogens (tertiary/aromatic N) is 3. The zero-order valence-corrected chi connectivity index (χ0v) is 14.0. The highest BCUT2D eigenvalue weighted by molar-refractivity contribution is 5.79. The van der Waals surface area contributed by atoms with Crippen LogP contribution < -0.4 is 10.1 Å². The third-order valence-corrected chi connectivity index (χ3v) is 3.82. The first-order valence-electron chi connectivity index (χ1n) is 8.10. The topological polar surface area (TPSA) is 69.0 Å². The Bertz CT molecular complexity index is 803. The van der Waals surface area contributed by atoms with Crippen molar-refractivity contribution < 1.29 is 9.53 Å². The van der Waals surface area contributed by atoms with Gasteiger partial charge in [0.1, 0.15) is 31.1 Å². The number of aromatic nitrogens is 3. The summed E-state index contributed by atoms with van der Waals surface area (Å²) in [5, 5.41) is 6.91. The number of ether oxygens (including phenoxy) is 1. The van der Waals surface area contributed by atoms with Gasteiger partial charge in [-0.15, -0.1) is 0 Å². The minimum absolute atomic E-state index is 0.101. The van der Waals surface area contributed by atoms with E-state index < -0.39 is 6.04 Å². The molecule has 0 spiro atoms. The predicted octanol–water partition coefficient (Wildman–Crippen LogP) is 2.73. The fourth-order valence-electron chi connectivity index (χ4n) is 2.39. The normalized spacial score (nSPS) is 11.7. The lowest BCUT2D eigenvalue weighted by molar-refractivity contribution is -0.124. The summed E-state index contributed by atoms with van der Waals surface area (Å²) in [6.45, 7) is 2.73. The van der Waals surface area contributed by atoms with Crippen LogP contribution in [0.2, 0.25) is 0 Å². The van der Waals surface area contributed by atoms with Crippen molar-refractivity contribution in [3.05, 3.63) is 78.4 Å². The number of hydrogen-bond acceptors (Lipinski definition) is 4. The number of nitrogens with one attached hydrogen (secondary N) is 1. The van der Waals surface area contributed by atoms with Crippen molar-refractivity contribution in [2.75, 3.05) is 0 Å². The summed E-state index contributed by atoms with van der Waals surface area (Å²) in [7, 11) is 0. The maximum Gasteiger partial charge on any atom is 0.244 e. The number of carbonyl (C=O) groups excluding carboxylic acids is 1. The van der Waals surface area contributed by atoms with E-state index in [-0.39, 0.29) is 5.91 Å². The molecule has 128 valence electrons. The Morgan fingerprint density at radius 2 is 1.96 bits per heavy atom. The lowest BCUT2D eigenvalue weighted by Crippen LogP contribution is -2.30. The van der Waals surface area contributed by atoms with Gasteiger partial charge in [-0.3, -0.25) is 4.79 Å². The molecule has 0 fully saturated rings. The molecule has 1 aromatic heterocycles. The highest BCUT2D eigenvalue weighted by Crippen LogP contribution is 2.13. The summed E-state index contributed by atoms with van der Waals surface area (Å²) >= 11 is 0. The molecule has 25 heavy (non-hydrogen) atoms. The minimum atomic E-state index is -0.396. The molecule has 0 unspecified atom stereocenters. The van der Waals surface area contributed by atoms with Crippen LogP contribution in [0.25, 0.3) is 0 Å². The smallest absolute Gasteiger partial charge is 0.244 e. The first-order valence-corrected chi connectivity index (χ1v) is 8.10. The highest BCUT2D eigenvalue weighted by atomic mass is 16.5. The maximum atomic E-state index is 12.2. The molecular weight excluding hydrogens is 316 g/mol. The molecule has 0 aliphatic carbocycles. The van der Waals surface area contributed by atoms with Gasteiger partial charge < -0.3 is 10.1 Å². The molecule has 1 heterocycles. The summed E-state index contributed by atoms with van der Waals surface area (Å²) < 4.78 is 7.28. The van der Waals surface area contributed by atoms with E-state index in [1.165, 1.54) is 17.3 Å². The lowest BCUT2D eigenvalue weighted by Gasteiger charge is -2.13. The Kier molecular flexibility index (Phi) is 5.41. The third-order valence-electron chi connectivity index (χ3n) is 3.82. The van der Waals surface area contributed by atoms with E-state index in [9.17, 15) is 4.79 Å². The van der Waals surface area contributed by atoms with Gasteiger partial charge in [0.2, 0.25) is 5.91 Å². The van der Waals surface area contributed by atoms with Crippen molar-refractivity contribution in [1.82, 2.24) is 20.1 Å². The van der Waals surface area contributed by atoms with Gasteiger partial charge in [0.15, 0.2) is 0 Å². The average molecular weight is 336 g/mol. The number of para-hydroxylation sites is 1. The SMILES string of the molecule is C[C@H](C(=O)NCc1cccc(COc2ccccc2)c1)n1cncn1. The molecule has 0 aliphatic rings. The van der Waals surface area contributed by atoms with Crippen molar-refractivity contribution >= 4 is 5.91 Å². The quantitative estimate of drug-likeness (QED) is 0.720. The molecule has 6 nitrogen and oxygen atoms in total. The van der Waals surface area contributed by atoms with Crippen LogP contribution >= 0.6 is 0 Å². The second kappa shape index (κ2) is 8.10. The first kappa shape index (κ1) is 16.7. The van der Waals surface area contributed by atoms with Gasteiger partial charge in [-0.05, 0) is 30.2 Å². The fraction of sp³-hybridized carbons (Fsp3) is 0.211. The number of hydrogen-bond donors (Lipinski definition) is 1. The van der Waals surface area contributed by atoms with Gasteiger partial charge in [0, 0.05) is 6.54 Å². The highest BCUT2D eigenvalue weighted by Gasteiger charge is 2.14. The van der Waals surface area contributed by atoms with Gasteiger partial charge in [-0.1, -0.05) is 42.5 Å². The van der Waals surface area contributed by atoms with E-state index in [1.54, 1.807) is 6.92 Å². The molecule has 0 aliphatic heterocycles. The summed E-state index contributed by atoms with van der Waals surface area (Å²) in [6, 6.07) is 17.3. The molecule has 3 rings (SSSR count). The van der Waals surface area contributed by atoms with E-state index in [1.807, 2.05) is 54.6 Å². The Balaban J connectivity index is 1.54. The third kappa shape index (κ3) is 4.67. The second-order valence-electron chi connectivity index (χ2n) is 5.69. The number of benzene rings is 2. The van der Waals surface area contributed by atoms with Crippen LogP contribution in [0, 0.1) is 0 Å². The van der Waals surface area contributed by atoms with Gasteiger partial charge in [-0.2, -0.15) is 5.10 Å². The lowest BCUT2D eigenvalue weighted by atomic mass is 10.1. The van der Waals surface area contributed by atoms with Gasteiger partial charge >= 0.3 is 0 Å². The predicted molar refractivity (Wildman–Crippen MR) is 93.8 cm³/mol.